The summed E-state index contributed by atoms with van der Waals surface area (Å²) < 4.78 is 86.0. The highest BCUT2D eigenvalue weighted by Crippen LogP contribution is 2.43. The van der Waals surface area contributed by atoms with Gasteiger partial charge in [-0.2, -0.15) is 26.3 Å². The Kier molecular flexibility index (Phi) is 5.50. The molecule has 0 amide bonds. The Bertz CT molecular complexity index is 909. The van der Waals surface area contributed by atoms with E-state index in [1.54, 1.807) is 13.8 Å². The molecule has 0 saturated carbocycles. The lowest BCUT2D eigenvalue weighted by Crippen LogP contribution is -2.42. The first-order valence-corrected chi connectivity index (χ1v) is 9.23. The van der Waals surface area contributed by atoms with Crippen LogP contribution in [0.2, 0.25) is 0 Å². The van der Waals surface area contributed by atoms with Crippen LogP contribution in [-0.2, 0) is 11.8 Å². The lowest BCUT2D eigenvalue weighted by molar-refractivity contribution is -0.277. The Balaban J connectivity index is 2.14. The van der Waals surface area contributed by atoms with E-state index < -0.39 is 53.1 Å². The van der Waals surface area contributed by atoms with Crippen molar-refractivity contribution in [1.82, 2.24) is 15.2 Å². The highest BCUT2D eigenvalue weighted by molar-refractivity contribution is 5.57. The van der Waals surface area contributed by atoms with E-state index in [0.29, 0.717) is 19.3 Å². The summed E-state index contributed by atoms with van der Waals surface area (Å²) in [5, 5.41) is 19.9. The summed E-state index contributed by atoms with van der Waals surface area (Å²) in [5.74, 6) is -2.09. The largest absolute Gasteiger partial charge is 0.426 e. The Morgan fingerprint density at radius 1 is 1.00 bits per heavy atom. The van der Waals surface area contributed by atoms with Crippen LogP contribution < -0.4 is 5.32 Å². The number of pyridine rings is 1. The van der Waals surface area contributed by atoms with Crippen LogP contribution in [0.15, 0.2) is 16.5 Å². The van der Waals surface area contributed by atoms with Gasteiger partial charge >= 0.3 is 12.4 Å². The number of rotatable bonds is 0. The Morgan fingerprint density at radius 3 is 2.30 bits per heavy atom. The van der Waals surface area contributed by atoms with E-state index >= 15 is 0 Å². The molecular weight excluding hydrogens is 418 g/mol. The van der Waals surface area contributed by atoms with Crippen molar-refractivity contribution in [2.45, 2.75) is 69.4 Å². The maximum absolute atomic E-state index is 13.6. The second-order valence-corrected chi connectivity index (χ2v) is 7.93. The molecule has 6 nitrogen and oxygen atoms in total. The molecule has 0 aliphatic carbocycles. The van der Waals surface area contributed by atoms with Gasteiger partial charge in [0.25, 0.3) is 11.8 Å². The molecule has 30 heavy (non-hydrogen) atoms. The van der Waals surface area contributed by atoms with Gasteiger partial charge in [0.15, 0.2) is 0 Å². The molecule has 0 saturated heterocycles. The molecule has 12 heteroatoms. The fraction of sp³-hybridized carbons (Fsp3) is 0.611. The summed E-state index contributed by atoms with van der Waals surface area (Å²) in [6.45, 7) is 3.34. The van der Waals surface area contributed by atoms with Crippen LogP contribution in [0.4, 0.5) is 32.2 Å². The topological polar surface area (TPSA) is 84.1 Å². The van der Waals surface area contributed by atoms with Crippen molar-refractivity contribution in [3.63, 3.8) is 0 Å². The number of hydrogen-bond donors (Lipinski definition) is 2. The van der Waals surface area contributed by atoms with Crippen molar-refractivity contribution < 1.29 is 35.9 Å². The second kappa shape index (κ2) is 7.40. The van der Waals surface area contributed by atoms with Gasteiger partial charge in [-0.15, -0.1) is 10.2 Å². The average molecular weight is 438 g/mol. The van der Waals surface area contributed by atoms with Crippen molar-refractivity contribution in [2.24, 2.45) is 0 Å². The van der Waals surface area contributed by atoms with Gasteiger partial charge in [-0.25, -0.2) is 4.98 Å². The number of nitrogens with one attached hydrogen (secondary N) is 1. The monoisotopic (exact) mass is 438 g/mol. The van der Waals surface area contributed by atoms with Crippen LogP contribution in [0.1, 0.15) is 57.4 Å². The maximum atomic E-state index is 13.6. The van der Waals surface area contributed by atoms with Gasteiger partial charge in [-0.05, 0) is 45.2 Å². The molecule has 0 spiro atoms. The van der Waals surface area contributed by atoms with Crippen molar-refractivity contribution in [2.75, 3.05) is 5.32 Å². The molecule has 2 aromatic heterocycles. The first-order chi connectivity index (χ1) is 13.7. The molecule has 4 bridgehead atoms. The van der Waals surface area contributed by atoms with Gasteiger partial charge in [-0.3, -0.25) is 0 Å². The summed E-state index contributed by atoms with van der Waals surface area (Å²) in [4.78, 5) is 3.89. The predicted molar refractivity (Wildman–Crippen MR) is 93.3 cm³/mol. The average Bonchev–Trinajstić information content (AvgIpc) is 3.08. The van der Waals surface area contributed by atoms with E-state index in [2.05, 4.69) is 20.5 Å². The molecule has 1 atom stereocenters. The van der Waals surface area contributed by atoms with Crippen LogP contribution in [0.3, 0.4) is 0 Å². The van der Waals surface area contributed by atoms with Gasteiger partial charge in [-0.1, -0.05) is 12.8 Å². The van der Waals surface area contributed by atoms with Crippen LogP contribution >= 0.6 is 0 Å². The molecule has 1 unspecified atom stereocenters. The summed E-state index contributed by atoms with van der Waals surface area (Å²) in [7, 11) is 0. The minimum absolute atomic E-state index is 0.00114. The lowest BCUT2D eigenvalue weighted by atomic mass is 9.92. The summed E-state index contributed by atoms with van der Waals surface area (Å²) >= 11 is 0. The fourth-order valence-electron chi connectivity index (χ4n) is 3.27. The summed E-state index contributed by atoms with van der Waals surface area (Å²) in [5.41, 5.74) is -5.46. The standard InChI is InChI=1S/C18H20F6N4O2/c1-15(2)8-4-3-5-9-16(29,18(22,23)24)14-28-27-13(30-14)11-7-6-10(17(19,20)21)12(25-11)26-15/h6-7,29H,3-5,8-9H2,1-2H3,(H,25,26). The van der Waals surface area contributed by atoms with Gasteiger partial charge < -0.3 is 14.8 Å². The van der Waals surface area contributed by atoms with Gasteiger partial charge in [0.1, 0.15) is 11.5 Å². The van der Waals surface area contributed by atoms with Gasteiger partial charge in [0, 0.05) is 5.54 Å². The van der Waals surface area contributed by atoms with E-state index in [-0.39, 0.29) is 12.1 Å². The van der Waals surface area contributed by atoms with Crippen molar-refractivity contribution in [3.8, 4) is 11.6 Å². The number of anilines is 1. The third-order valence-corrected chi connectivity index (χ3v) is 4.96. The van der Waals surface area contributed by atoms with E-state index in [1.165, 1.54) is 0 Å². The minimum atomic E-state index is -5.08. The second-order valence-electron chi connectivity index (χ2n) is 7.93. The normalized spacial score (nSPS) is 22.8. The number of hydrogen-bond acceptors (Lipinski definition) is 6. The van der Waals surface area contributed by atoms with Crippen LogP contribution in [0, 0.1) is 0 Å². The van der Waals surface area contributed by atoms with Crippen LogP contribution in [0.25, 0.3) is 11.6 Å². The molecule has 166 valence electrons. The molecule has 1 aliphatic rings. The van der Waals surface area contributed by atoms with E-state index in [4.69, 9.17) is 4.42 Å². The zero-order valence-electron chi connectivity index (χ0n) is 16.2. The van der Waals surface area contributed by atoms with E-state index in [9.17, 15) is 31.4 Å². The Labute approximate surface area is 167 Å². The van der Waals surface area contributed by atoms with E-state index in [1.807, 2.05) is 0 Å². The van der Waals surface area contributed by atoms with Crippen LogP contribution in [-0.4, -0.2) is 32.0 Å². The quantitative estimate of drug-likeness (QED) is 0.560. The molecular formula is C18H20F6N4O2. The number of alkyl halides is 6. The third kappa shape index (κ3) is 4.37. The van der Waals surface area contributed by atoms with Crippen molar-refractivity contribution >= 4 is 5.82 Å². The molecule has 0 fully saturated rings. The van der Waals surface area contributed by atoms with E-state index in [0.717, 1.165) is 12.1 Å². The third-order valence-electron chi connectivity index (χ3n) is 4.96. The minimum Gasteiger partial charge on any atom is -0.416 e. The molecule has 3 heterocycles. The molecule has 0 aromatic carbocycles. The zero-order valence-corrected chi connectivity index (χ0v) is 16.2. The number of aliphatic hydroxyl groups is 1. The number of nitrogens with zero attached hydrogens (tertiary/aromatic N) is 3. The fourth-order valence-corrected chi connectivity index (χ4v) is 3.27. The van der Waals surface area contributed by atoms with Gasteiger partial charge in [0.2, 0.25) is 5.60 Å². The zero-order chi connectivity index (χ0) is 22.4. The number of halogens is 6. The highest BCUT2D eigenvalue weighted by atomic mass is 19.4. The first kappa shape index (κ1) is 22.3. The smallest absolute Gasteiger partial charge is 0.416 e. The summed E-state index contributed by atoms with van der Waals surface area (Å²) in [6, 6.07) is 1.67. The first-order valence-electron chi connectivity index (χ1n) is 9.23. The molecule has 2 aromatic rings. The predicted octanol–water partition coefficient (Wildman–Crippen LogP) is 5.05. The molecule has 2 N–H and O–H groups in total. The summed E-state index contributed by atoms with van der Waals surface area (Å²) in [6.07, 6.45) is -9.36. The lowest BCUT2D eigenvalue weighted by Gasteiger charge is -2.29. The molecule has 1 aliphatic heterocycles. The Morgan fingerprint density at radius 2 is 1.67 bits per heavy atom. The number of fused-ring (bicyclic) bond motifs is 5. The number of aromatic nitrogens is 3. The maximum Gasteiger partial charge on any atom is 0.426 e. The van der Waals surface area contributed by atoms with Gasteiger partial charge in [0.05, 0.1) is 5.56 Å². The molecule has 0 radical (unpaired) electrons. The highest BCUT2D eigenvalue weighted by Gasteiger charge is 2.58. The SMILES string of the molecule is CC1(C)CCCCCC(O)(C(F)(F)F)c2nnc(o2)-c2ccc(C(F)(F)F)c(n2)N1. The van der Waals surface area contributed by atoms with Crippen molar-refractivity contribution in [3.05, 3.63) is 23.6 Å². The molecule has 3 rings (SSSR count). The van der Waals surface area contributed by atoms with Crippen LogP contribution in [0.5, 0.6) is 0 Å². The van der Waals surface area contributed by atoms with Crippen molar-refractivity contribution in [1.29, 1.82) is 0 Å². The Hall–Kier alpha value is -2.37.